The van der Waals surface area contributed by atoms with Crippen LogP contribution in [-0.2, 0) is 14.3 Å². The molecule has 1 aliphatic heterocycles. The second-order valence-electron chi connectivity index (χ2n) is 14.7. The van der Waals surface area contributed by atoms with Gasteiger partial charge in [0.25, 0.3) is 0 Å². The first-order chi connectivity index (χ1) is 28.8. The van der Waals surface area contributed by atoms with Crippen molar-refractivity contribution in [3.05, 3.63) is 122 Å². The Morgan fingerprint density at radius 3 is 1.63 bits per heavy atom. The molecule has 9 nitrogen and oxygen atoms in total. The number of hydrogen-bond donors (Lipinski definition) is 6. The number of ether oxygens (including phenoxy) is 2. The molecule has 0 bridgehead atoms. The van der Waals surface area contributed by atoms with Crippen LogP contribution in [0.15, 0.2) is 122 Å². The van der Waals surface area contributed by atoms with Crippen LogP contribution in [0.4, 0.5) is 0 Å². The average molecular weight is 822 g/mol. The number of allylic oxidation sites excluding steroid dienone is 19. The number of aliphatic hydroxyl groups is 5. The van der Waals surface area contributed by atoms with Crippen molar-refractivity contribution in [2.45, 2.75) is 172 Å². The topological polar surface area (TPSA) is 149 Å². The molecule has 1 fully saturated rings. The molecule has 7 atom stereocenters. The third kappa shape index (κ3) is 29.5. The first-order valence-electron chi connectivity index (χ1n) is 22.2. The quantitative estimate of drug-likeness (QED) is 0.0278. The summed E-state index contributed by atoms with van der Waals surface area (Å²) in [4.78, 5) is 12.9. The van der Waals surface area contributed by atoms with Crippen LogP contribution < -0.4 is 5.32 Å². The molecule has 0 aromatic heterocycles. The Hall–Kier alpha value is -3.41. The van der Waals surface area contributed by atoms with Crippen LogP contribution in [-0.4, -0.2) is 87.5 Å². The third-order valence-electron chi connectivity index (χ3n) is 9.59. The summed E-state index contributed by atoms with van der Waals surface area (Å²) in [5.74, 6) is -0.221. The second-order valence-corrected chi connectivity index (χ2v) is 14.7. The van der Waals surface area contributed by atoms with E-state index in [-0.39, 0.29) is 12.5 Å². The lowest BCUT2D eigenvalue weighted by atomic mass is 9.99. The zero-order valence-corrected chi connectivity index (χ0v) is 36.2. The molecule has 9 heteroatoms. The van der Waals surface area contributed by atoms with Crippen molar-refractivity contribution in [2.75, 3.05) is 13.2 Å². The van der Waals surface area contributed by atoms with Crippen molar-refractivity contribution in [2.24, 2.45) is 0 Å². The lowest BCUT2D eigenvalue weighted by Crippen LogP contribution is -2.60. The molecule has 0 radical (unpaired) electrons. The smallest absolute Gasteiger partial charge is 0.220 e. The zero-order valence-electron chi connectivity index (χ0n) is 36.2. The van der Waals surface area contributed by atoms with Gasteiger partial charge in [0, 0.05) is 6.42 Å². The summed E-state index contributed by atoms with van der Waals surface area (Å²) in [6, 6.07) is -0.845. The van der Waals surface area contributed by atoms with Gasteiger partial charge in [-0.2, -0.15) is 0 Å². The fourth-order valence-corrected chi connectivity index (χ4v) is 6.05. The number of carbonyl (C=O) groups is 1. The van der Waals surface area contributed by atoms with Crippen molar-refractivity contribution < 1.29 is 39.8 Å². The molecule has 0 aromatic rings. The Bertz CT molecular complexity index is 1320. The zero-order chi connectivity index (χ0) is 43.0. The largest absolute Gasteiger partial charge is 0.394 e. The van der Waals surface area contributed by atoms with Gasteiger partial charge >= 0.3 is 0 Å². The minimum Gasteiger partial charge on any atom is -0.394 e. The molecule has 59 heavy (non-hydrogen) atoms. The van der Waals surface area contributed by atoms with Gasteiger partial charge < -0.3 is 40.3 Å². The van der Waals surface area contributed by atoms with Crippen LogP contribution in [0.1, 0.15) is 129 Å². The molecule has 1 amide bonds. The van der Waals surface area contributed by atoms with Gasteiger partial charge in [-0.15, -0.1) is 0 Å². The molecular formula is C50H79NO8. The fourth-order valence-electron chi connectivity index (χ4n) is 6.05. The Kier molecular flexibility index (Phi) is 35.2. The van der Waals surface area contributed by atoms with E-state index < -0.39 is 49.5 Å². The summed E-state index contributed by atoms with van der Waals surface area (Å²) in [6.45, 7) is 3.35. The minimum atomic E-state index is -1.58. The second kappa shape index (κ2) is 38.8. The molecule has 1 heterocycles. The molecule has 0 aromatic carbocycles. The van der Waals surface area contributed by atoms with Gasteiger partial charge in [0.05, 0.1) is 25.4 Å². The minimum absolute atomic E-state index is 0.221. The summed E-state index contributed by atoms with van der Waals surface area (Å²) in [7, 11) is 0. The number of carbonyl (C=O) groups excluding carboxylic acids is 1. The van der Waals surface area contributed by atoms with E-state index in [0.29, 0.717) is 12.8 Å². The van der Waals surface area contributed by atoms with Crippen molar-refractivity contribution in [1.82, 2.24) is 5.32 Å². The standard InChI is InChI=1S/C50H79NO8/c1-3-5-7-9-11-13-14-15-16-17-18-19-20-21-22-23-24-25-26-27-28-29-30-32-34-36-38-40-46(54)51-43(44(53)39-37-35-33-31-12-10-8-6-4-2)42-58-50-49(57)48(56)47(55)45(41-52)59-50/h4-7,11-13,15-16,18-19,21-22,24-25,27-28,31,37,39,43-45,47-50,52-53,55-57H,3,8-10,14,17,20,23,26,29-30,32-36,38,40-42H2,1-2H3,(H,51,54)/b6-4+,7-5-,13-11-,16-15-,19-18-,22-21-,25-24-,28-27-,31-12+,39-37+. The maximum Gasteiger partial charge on any atom is 0.220 e. The van der Waals surface area contributed by atoms with E-state index in [1.165, 1.54) is 0 Å². The molecule has 6 N–H and O–H groups in total. The Labute approximate surface area is 357 Å². The predicted molar refractivity (Wildman–Crippen MR) is 244 cm³/mol. The van der Waals surface area contributed by atoms with Crippen LogP contribution in [0.2, 0.25) is 0 Å². The third-order valence-corrected chi connectivity index (χ3v) is 9.59. The first-order valence-corrected chi connectivity index (χ1v) is 22.2. The van der Waals surface area contributed by atoms with Crippen LogP contribution in [0.5, 0.6) is 0 Å². The highest BCUT2D eigenvalue weighted by atomic mass is 16.7. The van der Waals surface area contributed by atoms with Gasteiger partial charge in [0.1, 0.15) is 24.4 Å². The molecular weight excluding hydrogens is 743 g/mol. The summed E-state index contributed by atoms with van der Waals surface area (Å²) in [5, 5.41) is 53.9. The maximum atomic E-state index is 12.9. The summed E-state index contributed by atoms with van der Waals surface area (Å²) in [5.41, 5.74) is 0. The fraction of sp³-hybridized carbons (Fsp3) is 0.580. The summed E-state index contributed by atoms with van der Waals surface area (Å²) >= 11 is 0. The van der Waals surface area contributed by atoms with E-state index >= 15 is 0 Å². The van der Waals surface area contributed by atoms with Gasteiger partial charge in [-0.1, -0.05) is 148 Å². The van der Waals surface area contributed by atoms with E-state index in [9.17, 15) is 30.3 Å². The highest BCUT2D eigenvalue weighted by Gasteiger charge is 2.44. The predicted octanol–water partition coefficient (Wildman–Crippen LogP) is 9.27. The van der Waals surface area contributed by atoms with E-state index in [1.54, 1.807) is 6.08 Å². The number of amides is 1. The molecule has 332 valence electrons. The normalized spacial score (nSPS) is 21.9. The summed E-state index contributed by atoms with van der Waals surface area (Å²) < 4.78 is 11.1. The van der Waals surface area contributed by atoms with Crippen molar-refractivity contribution in [3.8, 4) is 0 Å². The van der Waals surface area contributed by atoms with E-state index in [1.807, 2.05) is 19.1 Å². The Morgan fingerprint density at radius 1 is 0.610 bits per heavy atom. The first kappa shape index (κ1) is 53.6. The lowest BCUT2D eigenvalue weighted by Gasteiger charge is -2.40. The van der Waals surface area contributed by atoms with Gasteiger partial charge in [-0.05, 0) is 96.8 Å². The number of aliphatic hydroxyl groups excluding tert-OH is 5. The van der Waals surface area contributed by atoms with Crippen LogP contribution in [0, 0.1) is 0 Å². The number of hydrogen-bond acceptors (Lipinski definition) is 8. The van der Waals surface area contributed by atoms with E-state index in [2.05, 4.69) is 116 Å². The van der Waals surface area contributed by atoms with Gasteiger partial charge in [-0.3, -0.25) is 4.79 Å². The average Bonchev–Trinajstić information content (AvgIpc) is 3.23. The SMILES string of the molecule is C/C=C/CC/C=C/CC/C=C/C(O)C(COC1OC(CO)C(O)C(O)C1O)NC(=O)CCCCCCC/C=C\C/C=C\C/C=C\C/C=C\C/C=C\C/C=C\C/C=C\CC. The molecule has 0 aliphatic carbocycles. The van der Waals surface area contributed by atoms with Gasteiger partial charge in [0.2, 0.25) is 5.91 Å². The molecule has 0 spiro atoms. The van der Waals surface area contributed by atoms with Crippen molar-refractivity contribution in [3.63, 3.8) is 0 Å². The molecule has 0 saturated carbocycles. The highest BCUT2D eigenvalue weighted by Crippen LogP contribution is 2.22. The van der Waals surface area contributed by atoms with Crippen LogP contribution >= 0.6 is 0 Å². The molecule has 1 aliphatic rings. The van der Waals surface area contributed by atoms with Crippen molar-refractivity contribution >= 4 is 5.91 Å². The number of unbranched alkanes of at least 4 members (excludes halogenated alkanes) is 7. The maximum absolute atomic E-state index is 12.9. The van der Waals surface area contributed by atoms with Gasteiger partial charge in [-0.25, -0.2) is 0 Å². The highest BCUT2D eigenvalue weighted by molar-refractivity contribution is 5.76. The van der Waals surface area contributed by atoms with E-state index in [4.69, 9.17) is 9.47 Å². The number of rotatable bonds is 34. The van der Waals surface area contributed by atoms with Crippen LogP contribution in [0.3, 0.4) is 0 Å². The molecule has 1 saturated heterocycles. The number of nitrogens with one attached hydrogen (secondary N) is 1. The van der Waals surface area contributed by atoms with Gasteiger partial charge in [0.15, 0.2) is 6.29 Å². The Balaban J connectivity index is 2.30. The lowest BCUT2D eigenvalue weighted by molar-refractivity contribution is -0.302. The molecule has 1 rings (SSSR count). The van der Waals surface area contributed by atoms with E-state index in [0.717, 1.165) is 103 Å². The van der Waals surface area contributed by atoms with Crippen LogP contribution in [0.25, 0.3) is 0 Å². The monoisotopic (exact) mass is 822 g/mol. The Morgan fingerprint density at radius 2 is 1.08 bits per heavy atom. The molecule has 7 unspecified atom stereocenters. The van der Waals surface area contributed by atoms with Crippen molar-refractivity contribution in [1.29, 1.82) is 0 Å². The summed E-state index contributed by atoms with van der Waals surface area (Å²) in [6.07, 6.45) is 51.3.